The van der Waals surface area contributed by atoms with Gasteiger partial charge in [-0.15, -0.1) is 0 Å². The van der Waals surface area contributed by atoms with Gasteiger partial charge in [0.2, 0.25) is 0 Å². The monoisotopic (exact) mass is 278 g/mol. The van der Waals surface area contributed by atoms with Gasteiger partial charge in [-0.3, -0.25) is 0 Å². The van der Waals surface area contributed by atoms with Gasteiger partial charge in [0.25, 0.3) is 0 Å². The van der Waals surface area contributed by atoms with Crippen molar-refractivity contribution < 1.29 is 0 Å². The smallest absolute Gasteiger partial charge is 0.116 e. The maximum atomic E-state index is 4.44. The minimum absolute atomic E-state index is 0.124. The van der Waals surface area contributed by atoms with Crippen molar-refractivity contribution in [2.75, 3.05) is 0 Å². The first kappa shape index (κ1) is 13.5. The average Bonchev–Trinajstić information content (AvgIpc) is 2.97. The third-order valence-corrected chi connectivity index (χ3v) is 3.44. The van der Waals surface area contributed by atoms with Crippen molar-refractivity contribution in [2.24, 2.45) is 0 Å². The van der Waals surface area contributed by atoms with Crippen molar-refractivity contribution in [3.05, 3.63) is 60.8 Å². The predicted octanol–water partition coefficient (Wildman–Crippen LogP) is 3.63. The summed E-state index contributed by atoms with van der Waals surface area (Å²) < 4.78 is 1.88. The molecular formula is C17H18N4. The van der Waals surface area contributed by atoms with Crippen LogP contribution in [0.2, 0.25) is 0 Å². The molecule has 0 atom stereocenters. The van der Waals surface area contributed by atoms with Crippen molar-refractivity contribution in [2.45, 2.75) is 26.2 Å². The van der Waals surface area contributed by atoms with Gasteiger partial charge >= 0.3 is 0 Å². The molecule has 4 heteroatoms. The lowest BCUT2D eigenvalue weighted by Gasteiger charge is -2.19. The van der Waals surface area contributed by atoms with Gasteiger partial charge in [0, 0.05) is 18.0 Å². The van der Waals surface area contributed by atoms with Gasteiger partial charge in [-0.2, -0.15) is 5.10 Å². The Kier molecular flexibility index (Phi) is 3.29. The van der Waals surface area contributed by atoms with Crippen LogP contribution in [0, 0.1) is 0 Å². The number of benzene rings is 1. The average molecular weight is 278 g/mol. The van der Waals surface area contributed by atoms with Crippen molar-refractivity contribution in [3.63, 3.8) is 0 Å². The SMILES string of the molecule is CC(C)(C)c1cccc(-n2cc(-c3ccncn3)cn2)c1. The molecule has 0 fully saturated rings. The van der Waals surface area contributed by atoms with Crippen LogP contribution in [-0.2, 0) is 5.41 Å². The van der Waals surface area contributed by atoms with Crippen LogP contribution < -0.4 is 0 Å². The Morgan fingerprint density at radius 3 is 2.67 bits per heavy atom. The zero-order valence-corrected chi connectivity index (χ0v) is 12.5. The van der Waals surface area contributed by atoms with Crippen LogP contribution in [0.1, 0.15) is 26.3 Å². The topological polar surface area (TPSA) is 43.6 Å². The van der Waals surface area contributed by atoms with E-state index in [-0.39, 0.29) is 5.41 Å². The number of aromatic nitrogens is 4. The highest BCUT2D eigenvalue weighted by molar-refractivity contribution is 5.57. The van der Waals surface area contributed by atoms with E-state index in [1.807, 2.05) is 23.1 Å². The largest absolute Gasteiger partial charge is 0.245 e. The van der Waals surface area contributed by atoms with E-state index >= 15 is 0 Å². The van der Waals surface area contributed by atoms with Crippen molar-refractivity contribution in [1.29, 1.82) is 0 Å². The van der Waals surface area contributed by atoms with Crippen LogP contribution >= 0.6 is 0 Å². The summed E-state index contributed by atoms with van der Waals surface area (Å²) in [4.78, 5) is 8.18. The Hall–Kier alpha value is -2.49. The number of hydrogen-bond donors (Lipinski definition) is 0. The van der Waals surface area contributed by atoms with E-state index in [1.54, 1.807) is 12.5 Å². The molecule has 0 unspecified atom stereocenters. The number of nitrogens with zero attached hydrogens (tertiary/aromatic N) is 4. The van der Waals surface area contributed by atoms with E-state index in [0.29, 0.717) is 0 Å². The second-order valence-corrected chi connectivity index (χ2v) is 6.07. The maximum Gasteiger partial charge on any atom is 0.116 e. The molecule has 2 aromatic heterocycles. The van der Waals surface area contributed by atoms with Gasteiger partial charge in [0.15, 0.2) is 0 Å². The first-order chi connectivity index (χ1) is 10.0. The summed E-state index contributed by atoms with van der Waals surface area (Å²) >= 11 is 0. The summed E-state index contributed by atoms with van der Waals surface area (Å²) in [6.45, 7) is 6.63. The summed E-state index contributed by atoms with van der Waals surface area (Å²) in [6.07, 6.45) is 7.10. The van der Waals surface area contributed by atoms with E-state index in [0.717, 1.165) is 16.9 Å². The Morgan fingerprint density at radius 1 is 1.10 bits per heavy atom. The Morgan fingerprint density at radius 2 is 1.95 bits per heavy atom. The van der Waals surface area contributed by atoms with Crippen LogP contribution in [0.4, 0.5) is 0 Å². The minimum atomic E-state index is 0.124. The van der Waals surface area contributed by atoms with E-state index in [9.17, 15) is 0 Å². The fourth-order valence-corrected chi connectivity index (χ4v) is 2.17. The quantitative estimate of drug-likeness (QED) is 0.719. The number of rotatable bonds is 2. The first-order valence-electron chi connectivity index (χ1n) is 6.96. The second-order valence-electron chi connectivity index (χ2n) is 6.07. The van der Waals surface area contributed by atoms with Crippen LogP contribution in [-0.4, -0.2) is 19.7 Å². The molecule has 0 saturated heterocycles. The molecule has 106 valence electrons. The molecule has 0 amide bonds. The molecule has 0 aliphatic carbocycles. The van der Waals surface area contributed by atoms with Crippen molar-refractivity contribution in [1.82, 2.24) is 19.7 Å². The molecule has 0 bridgehead atoms. The lowest BCUT2D eigenvalue weighted by Crippen LogP contribution is -2.11. The fourth-order valence-electron chi connectivity index (χ4n) is 2.17. The minimum Gasteiger partial charge on any atom is -0.245 e. The molecule has 0 spiro atoms. The number of hydrogen-bond acceptors (Lipinski definition) is 3. The molecule has 0 aliphatic heterocycles. The molecule has 21 heavy (non-hydrogen) atoms. The molecule has 3 aromatic rings. The highest BCUT2D eigenvalue weighted by atomic mass is 15.3. The zero-order chi connectivity index (χ0) is 14.9. The second kappa shape index (κ2) is 5.13. The highest BCUT2D eigenvalue weighted by Gasteiger charge is 2.14. The molecule has 0 saturated carbocycles. The van der Waals surface area contributed by atoms with Gasteiger partial charge in [-0.05, 0) is 29.2 Å². The Labute approximate surface area is 124 Å². The van der Waals surface area contributed by atoms with Crippen LogP contribution in [0.25, 0.3) is 16.9 Å². The van der Waals surface area contributed by atoms with Gasteiger partial charge in [-0.1, -0.05) is 32.9 Å². The lowest BCUT2D eigenvalue weighted by molar-refractivity contribution is 0.589. The summed E-state index contributed by atoms with van der Waals surface area (Å²) in [5.41, 5.74) is 4.34. The molecule has 0 radical (unpaired) electrons. The molecule has 2 heterocycles. The summed E-state index contributed by atoms with van der Waals surface area (Å²) in [5.74, 6) is 0. The summed E-state index contributed by atoms with van der Waals surface area (Å²) in [5, 5.41) is 4.44. The predicted molar refractivity (Wildman–Crippen MR) is 83.3 cm³/mol. The van der Waals surface area contributed by atoms with Gasteiger partial charge in [-0.25, -0.2) is 14.6 Å². The fraction of sp³-hybridized carbons (Fsp3) is 0.235. The maximum absolute atomic E-state index is 4.44. The van der Waals surface area contributed by atoms with Crippen LogP contribution in [0.5, 0.6) is 0 Å². The molecule has 4 nitrogen and oxygen atoms in total. The highest BCUT2D eigenvalue weighted by Crippen LogP contribution is 2.24. The van der Waals surface area contributed by atoms with Gasteiger partial charge in [0.1, 0.15) is 6.33 Å². The third kappa shape index (κ3) is 2.84. The summed E-state index contributed by atoms with van der Waals surface area (Å²) in [6, 6.07) is 10.3. The zero-order valence-electron chi connectivity index (χ0n) is 12.5. The third-order valence-electron chi connectivity index (χ3n) is 3.44. The summed E-state index contributed by atoms with van der Waals surface area (Å²) in [7, 11) is 0. The van der Waals surface area contributed by atoms with Gasteiger partial charge in [0.05, 0.1) is 17.6 Å². The van der Waals surface area contributed by atoms with Gasteiger partial charge < -0.3 is 0 Å². The first-order valence-corrected chi connectivity index (χ1v) is 6.96. The van der Waals surface area contributed by atoms with E-state index in [1.165, 1.54) is 5.56 Å². The molecule has 1 aromatic carbocycles. The van der Waals surface area contributed by atoms with Crippen LogP contribution in [0.3, 0.4) is 0 Å². The van der Waals surface area contributed by atoms with E-state index in [2.05, 4.69) is 60.1 Å². The molecular weight excluding hydrogens is 260 g/mol. The molecule has 3 rings (SSSR count). The Bertz CT molecular complexity index is 739. The van der Waals surface area contributed by atoms with E-state index in [4.69, 9.17) is 0 Å². The Balaban J connectivity index is 1.97. The normalized spacial score (nSPS) is 11.6. The molecule has 0 N–H and O–H groups in total. The van der Waals surface area contributed by atoms with Crippen LogP contribution in [0.15, 0.2) is 55.2 Å². The standard InChI is InChI=1S/C17H18N4/c1-17(2,3)14-5-4-6-15(9-14)21-11-13(10-20-21)16-7-8-18-12-19-16/h4-12H,1-3H3. The molecule has 0 aliphatic rings. The lowest BCUT2D eigenvalue weighted by atomic mass is 9.87. The van der Waals surface area contributed by atoms with E-state index < -0.39 is 0 Å². The van der Waals surface area contributed by atoms with Crippen molar-refractivity contribution >= 4 is 0 Å². The van der Waals surface area contributed by atoms with Crippen molar-refractivity contribution in [3.8, 4) is 16.9 Å².